The van der Waals surface area contributed by atoms with Crippen LogP contribution in [-0.2, 0) is 21.1 Å². The highest BCUT2D eigenvalue weighted by Gasteiger charge is 2.49. The van der Waals surface area contributed by atoms with Crippen LogP contribution in [0.3, 0.4) is 0 Å². The average molecular weight is 422 g/mol. The molecule has 0 bridgehead atoms. The van der Waals surface area contributed by atoms with Crippen molar-refractivity contribution in [2.45, 2.75) is 17.7 Å². The smallest absolute Gasteiger partial charge is 0.252 e. The lowest BCUT2D eigenvalue weighted by Gasteiger charge is -2.24. The second-order valence-electron chi connectivity index (χ2n) is 6.74. The van der Waals surface area contributed by atoms with Crippen molar-refractivity contribution < 1.29 is 22.0 Å². The maximum atomic E-state index is 13.7. The number of hydrogen-bond acceptors (Lipinski definition) is 4. The van der Waals surface area contributed by atoms with Gasteiger partial charge in [-0.25, -0.2) is 17.2 Å². The number of hydrogen-bond donors (Lipinski definition) is 0. The Balaban J connectivity index is 1.63. The summed E-state index contributed by atoms with van der Waals surface area (Å²) >= 11 is 1.23. The summed E-state index contributed by atoms with van der Waals surface area (Å²) < 4.78 is 50.8. The number of amidine groups is 1. The molecule has 0 aromatic heterocycles. The van der Waals surface area contributed by atoms with Crippen LogP contribution in [0.2, 0.25) is 0 Å². The van der Waals surface area contributed by atoms with Crippen LogP contribution < -0.4 is 4.90 Å². The maximum absolute atomic E-state index is 13.7. The number of halogens is 2. The molecule has 2 unspecified atom stereocenters. The Morgan fingerprint density at radius 2 is 1.86 bits per heavy atom. The molecular formula is C19H16F2N2O3S2. The molecule has 1 amide bonds. The third-order valence-electron chi connectivity index (χ3n) is 4.64. The van der Waals surface area contributed by atoms with Gasteiger partial charge in [-0.1, -0.05) is 30.0 Å². The first-order chi connectivity index (χ1) is 13.3. The summed E-state index contributed by atoms with van der Waals surface area (Å²) in [6, 6.07) is 11.0. The molecule has 0 saturated carbocycles. The number of nitrogens with zero attached hydrogens (tertiary/aromatic N) is 2. The summed E-state index contributed by atoms with van der Waals surface area (Å²) in [7, 11) is -3.19. The van der Waals surface area contributed by atoms with Crippen molar-refractivity contribution in [1.82, 2.24) is 0 Å². The second kappa shape index (κ2) is 7.29. The number of carbonyl (C=O) groups excluding carboxylic acids is 1. The van der Waals surface area contributed by atoms with Gasteiger partial charge in [0, 0.05) is 10.9 Å². The van der Waals surface area contributed by atoms with Gasteiger partial charge in [-0.05, 0) is 35.9 Å². The van der Waals surface area contributed by atoms with Crippen molar-refractivity contribution in [2.24, 2.45) is 4.99 Å². The van der Waals surface area contributed by atoms with Crippen LogP contribution in [0.1, 0.15) is 5.56 Å². The first kappa shape index (κ1) is 19.1. The Kier molecular flexibility index (Phi) is 4.96. The zero-order chi connectivity index (χ0) is 19.9. The van der Waals surface area contributed by atoms with Gasteiger partial charge >= 0.3 is 0 Å². The van der Waals surface area contributed by atoms with Gasteiger partial charge in [0.2, 0.25) is 0 Å². The lowest BCUT2D eigenvalue weighted by atomic mass is 10.1. The minimum atomic E-state index is -3.19. The molecule has 2 aliphatic heterocycles. The van der Waals surface area contributed by atoms with E-state index in [0.717, 1.165) is 0 Å². The molecule has 9 heteroatoms. The Bertz CT molecular complexity index is 1060. The van der Waals surface area contributed by atoms with E-state index in [9.17, 15) is 22.0 Å². The number of anilines is 1. The van der Waals surface area contributed by atoms with E-state index in [-0.39, 0.29) is 29.0 Å². The molecule has 146 valence electrons. The Hall–Kier alpha value is -2.26. The molecule has 5 nitrogen and oxygen atoms in total. The largest absolute Gasteiger partial charge is 0.315 e. The van der Waals surface area contributed by atoms with Crippen molar-refractivity contribution in [3.05, 3.63) is 65.7 Å². The Labute approximate surface area is 165 Å². The zero-order valence-electron chi connectivity index (χ0n) is 14.6. The van der Waals surface area contributed by atoms with Gasteiger partial charge in [0.25, 0.3) is 5.91 Å². The number of benzene rings is 2. The number of amides is 1. The first-order valence-corrected chi connectivity index (χ1v) is 11.3. The van der Waals surface area contributed by atoms with Gasteiger partial charge in [-0.2, -0.15) is 4.99 Å². The first-order valence-electron chi connectivity index (χ1n) is 8.58. The van der Waals surface area contributed by atoms with E-state index in [2.05, 4.69) is 4.99 Å². The second-order valence-corrected chi connectivity index (χ2v) is 10.1. The molecule has 0 aliphatic carbocycles. The summed E-state index contributed by atoms with van der Waals surface area (Å²) in [5.74, 6) is -1.34. The van der Waals surface area contributed by atoms with E-state index in [0.29, 0.717) is 16.4 Å². The Morgan fingerprint density at radius 1 is 1.11 bits per heavy atom. The molecule has 2 atom stereocenters. The van der Waals surface area contributed by atoms with Crippen LogP contribution >= 0.6 is 11.8 Å². The van der Waals surface area contributed by atoms with Crippen LogP contribution in [0.4, 0.5) is 14.5 Å². The average Bonchev–Trinajstić information content (AvgIpc) is 3.07. The maximum Gasteiger partial charge on any atom is 0.252 e. The van der Waals surface area contributed by atoms with E-state index in [4.69, 9.17) is 0 Å². The number of rotatable bonds is 3. The van der Waals surface area contributed by atoms with Crippen LogP contribution in [0.25, 0.3) is 0 Å². The number of aliphatic imine (C=N–C) groups is 1. The van der Waals surface area contributed by atoms with E-state index >= 15 is 0 Å². The van der Waals surface area contributed by atoms with Gasteiger partial charge in [0.1, 0.15) is 11.6 Å². The highest BCUT2D eigenvalue weighted by Crippen LogP contribution is 2.41. The lowest BCUT2D eigenvalue weighted by molar-refractivity contribution is -0.117. The number of thioether (sulfide) groups is 1. The molecule has 2 aromatic rings. The van der Waals surface area contributed by atoms with E-state index in [1.54, 1.807) is 11.0 Å². The molecule has 0 N–H and O–H groups in total. The molecule has 2 aliphatic rings. The quantitative estimate of drug-likeness (QED) is 0.761. The fourth-order valence-corrected chi connectivity index (χ4v) is 7.35. The molecular weight excluding hydrogens is 406 g/mol. The van der Waals surface area contributed by atoms with Gasteiger partial charge in [0.05, 0.1) is 24.0 Å². The minimum Gasteiger partial charge on any atom is -0.315 e. The number of sulfone groups is 1. The zero-order valence-corrected chi connectivity index (χ0v) is 16.2. The van der Waals surface area contributed by atoms with Gasteiger partial charge < -0.3 is 4.90 Å². The van der Waals surface area contributed by atoms with Crippen LogP contribution in [0, 0.1) is 11.6 Å². The highest BCUT2D eigenvalue weighted by molar-refractivity contribution is 8.16. The van der Waals surface area contributed by atoms with Crippen molar-refractivity contribution in [3.8, 4) is 0 Å². The van der Waals surface area contributed by atoms with Gasteiger partial charge in [-0.3, -0.25) is 4.79 Å². The van der Waals surface area contributed by atoms with Crippen LogP contribution in [0.15, 0.2) is 53.5 Å². The van der Waals surface area contributed by atoms with Crippen LogP contribution in [-0.4, -0.2) is 42.3 Å². The molecule has 2 fully saturated rings. The molecule has 4 rings (SSSR count). The van der Waals surface area contributed by atoms with Crippen molar-refractivity contribution in [1.29, 1.82) is 0 Å². The lowest BCUT2D eigenvalue weighted by Crippen LogP contribution is -2.37. The molecule has 2 aromatic carbocycles. The van der Waals surface area contributed by atoms with Gasteiger partial charge in [-0.15, -0.1) is 0 Å². The fraction of sp³-hybridized carbons (Fsp3) is 0.263. The van der Waals surface area contributed by atoms with Crippen LogP contribution in [0.5, 0.6) is 0 Å². The predicted octanol–water partition coefficient (Wildman–Crippen LogP) is 2.81. The van der Waals surface area contributed by atoms with Gasteiger partial charge in [0.15, 0.2) is 15.0 Å². The number of fused-ring (bicyclic) bond motifs is 1. The van der Waals surface area contributed by atoms with E-state index in [1.165, 1.54) is 54.2 Å². The fourth-order valence-electron chi connectivity index (χ4n) is 3.42. The van der Waals surface area contributed by atoms with Crippen molar-refractivity contribution in [3.63, 3.8) is 0 Å². The molecule has 0 radical (unpaired) electrons. The minimum absolute atomic E-state index is 0.000673. The summed E-state index contributed by atoms with van der Waals surface area (Å²) in [6.07, 6.45) is -0.00500. The van der Waals surface area contributed by atoms with Crippen molar-refractivity contribution in [2.75, 3.05) is 16.4 Å². The predicted molar refractivity (Wildman–Crippen MR) is 105 cm³/mol. The van der Waals surface area contributed by atoms with Crippen molar-refractivity contribution >= 4 is 38.4 Å². The highest BCUT2D eigenvalue weighted by atomic mass is 32.2. The third kappa shape index (κ3) is 3.95. The summed E-state index contributed by atoms with van der Waals surface area (Å²) in [5.41, 5.74) is 1.09. The molecule has 2 heterocycles. The molecule has 0 spiro atoms. The molecule has 2 saturated heterocycles. The van der Waals surface area contributed by atoms with E-state index < -0.39 is 27.6 Å². The standard InChI is InChI=1S/C19H16F2N2O3S2/c20-13-6-4-12(5-7-13)8-18(24)22-19-23(15-3-1-2-14(21)9-15)16-10-28(25,26)11-17(16)27-19/h1-7,9,16-17H,8,10-11H2. The normalized spacial score (nSPS) is 24.5. The number of carbonyl (C=O) groups is 1. The summed E-state index contributed by atoms with van der Waals surface area (Å²) in [6.45, 7) is 0. The summed E-state index contributed by atoms with van der Waals surface area (Å²) in [5, 5.41) is 0.105. The monoisotopic (exact) mass is 422 g/mol. The SMILES string of the molecule is O=C(Cc1ccc(F)cc1)N=C1SC2CS(=O)(=O)CC2N1c1cccc(F)c1. The topological polar surface area (TPSA) is 66.8 Å². The van der Waals surface area contributed by atoms with E-state index in [1.807, 2.05) is 0 Å². The summed E-state index contributed by atoms with van der Waals surface area (Å²) in [4.78, 5) is 18.2. The molecule has 28 heavy (non-hydrogen) atoms. The Morgan fingerprint density at radius 3 is 2.57 bits per heavy atom. The third-order valence-corrected chi connectivity index (χ3v) is 7.85.